The summed E-state index contributed by atoms with van der Waals surface area (Å²) < 4.78 is 6.54. The first-order chi connectivity index (χ1) is 13.1. The van der Waals surface area contributed by atoms with Crippen molar-refractivity contribution in [2.24, 2.45) is 13.0 Å². The summed E-state index contributed by atoms with van der Waals surface area (Å²) >= 11 is 0. The maximum absolute atomic E-state index is 12.5. The average molecular weight is 365 g/mol. The van der Waals surface area contributed by atoms with Gasteiger partial charge in [-0.1, -0.05) is 35.5 Å². The van der Waals surface area contributed by atoms with Gasteiger partial charge >= 0.3 is 0 Å². The molecule has 3 aromatic rings. The number of amides is 1. The Morgan fingerprint density at radius 3 is 2.96 bits per heavy atom. The van der Waals surface area contributed by atoms with Crippen molar-refractivity contribution in [1.82, 2.24) is 25.2 Å². The molecule has 0 saturated heterocycles. The van der Waals surface area contributed by atoms with Gasteiger partial charge in [0, 0.05) is 24.6 Å². The van der Waals surface area contributed by atoms with E-state index in [1.54, 1.807) is 13.1 Å². The van der Waals surface area contributed by atoms with E-state index < -0.39 is 0 Å². The van der Waals surface area contributed by atoms with Crippen molar-refractivity contribution >= 4 is 5.91 Å². The van der Waals surface area contributed by atoms with Crippen molar-refractivity contribution in [1.29, 1.82) is 0 Å². The first-order valence-corrected chi connectivity index (χ1v) is 8.82. The van der Waals surface area contributed by atoms with Gasteiger partial charge in [-0.15, -0.1) is 0 Å². The zero-order valence-electron chi connectivity index (χ0n) is 14.9. The third-order valence-corrected chi connectivity index (χ3v) is 4.74. The van der Waals surface area contributed by atoms with Gasteiger partial charge in [0.05, 0.1) is 12.2 Å². The van der Waals surface area contributed by atoms with Gasteiger partial charge in [0.2, 0.25) is 17.6 Å². The molecule has 0 bridgehead atoms. The molecule has 1 aliphatic rings. The van der Waals surface area contributed by atoms with E-state index in [1.165, 1.54) is 4.68 Å². The molecule has 2 aromatic heterocycles. The smallest absolute Gasteiger partial charge is 0.266 e. The standard InChI is InChI=1S/C19H19N5O3/c1-24-17(25)10-14-9-13(7-8-15(14)22-24)19(26)20-11-16-21-18(23-27-16)12-5-3-2-4-6-12/h2-6,10,13H,7-9,11H2,1H3,(H,20,26)/t13-/m0/s1. The summed E-state index contributed by atoms with van der Waals surface area (Å²) in [6, 6.07) is 11.1. The molecule has 1 aliphatic carbocycles. The van der Waals surface area contributed by atoms with Crippen molar-refractivity contribution in [2.75, 3.05) is 0 Å². The Morgan fingerprint density at radius 2 is 2.15 bits per heavy atom. The van der Waals surface area contributed by atoms with Gasteiger partial charge in [0.25, 0.3) is 5.56 Å². The highest BCUT2D eigenvalue weighted by atomic mass is 16.5. The lowest BCUT2D eigenvalue weighted by Crippen LogP contribution is -2.35. The number of benzene rings is 1. The summed E-state index contributed by atoms with van der Waals surface area (Å²) in [5, 5.41) is 11.1. The molecule has 0 fully saturated rings. The van der Waals surface area contributed by atoms with Gasteiger partial charge in [-0.2, -0.15) is 10.1 Å². The van der Waals surface area contributed by atoms with Gasteiger partial charge in [0.1, 0.15) is 0 Å². The highest BCUT2D eigenvalue weighted by Crippen LogP contribution is 2.23. The van der Waals surface area contributed by atoms with Gasteiger partial charge in [-0.05, 0) is 24.8 Å². The van der Waals surface area contributed by atoms with Gasteiger partial charge in [-0.25, -0.2) is 4.68 Å². The molecule has 4 rings (SSSR count). The van der Waals surface area contributed by atoms with Crippen LogP contribution in [0.4, 0.5) is 0 Å². The van der Waals surface area contributed by atoms with Crippen LogP contribution in [0.5, 0.6) is 0 Å². The molecule has 27 heavy (non-hydrogen) atoms. The Kier molecular flexibility index (Phi) is 4.53. The van der Waals surface area contributed by atoms with Crippen LogP contribution in [0, 0.1) is 5.92 Å². The molecular formula is C19H19N5O3. The SMILES string of the molecule is Cn1nc2c(cc1=O)C[C@@H](C(=O)NCc1nc(-c3ccccc3)no1)CC2. The van der Waals surface area contributed by atoms with Crippen LogP contribution in [-0.2, 0) is 31.2 Å². The second-order valence-electron chi connectivity index (χ2n) is 6.61. The van der Waals surface area contributed by atoms with E-state index in [1.807, 2.05) is 30.3 Å². The van der Waals surface area contributed by atoms with Crippen LogP contribution in [0.15, 0.2) is 45.7 Å². The van der Waals surface area contributed by atoms with E-state index in [0.717, 1.165) is 16.8 Å². The predicted octanol–water partition coefficient (Wildman–Crippen LogP) is 1.25. The first kappa shape index (κ1) is 17.1. The van der Waals surface area contributed by atoms with Gasteiger partial charge < -0.3 is 9.84 Å². The summed E-state index contributed by atoms with van der Waals surface area (Å²) in [5.41, 5.74) is 2.45. The lowest BCUT2D eigenvalue weighted by atomic mass is 9.86. The van der Waals surface area contributed by atoms with Gasteiger partial charge in [0.15, 0.2) is 0 Å². The number of hydrogen-bond donors (Lipinski definition) is 1. The van der Waals surface area contributed by atoms with Crippen LogP contribution < -0.4 is 10.9 Å². The van der Waals surface area contributed by atoms with Gasteiger partial charge in [-0.3, -0.25) is 9.59 Å². The van der Waals surface area contributed by atoms with Crippen molar-refractivity contribution in [2.45, 2.75) is 25.8 Å². The van der Waals surface area contributed by atoms with E-state index in [0.29, 0.717) is 31.0 Å². The summed E-state index contributed by atoms with van der Waals surface area (Å²) in [7, 11) is 1.63. The summed E-state index contributed by atoms with van der Waals surface area (Å²) in [6.07, 6.45) is 1.90. The molecule has 0 aliphatic heterocycles. The first-order valence-electron chi connectivity index (χ1n) is 8.82. The summed E-state index contributed by atoms with van der Waals surface area (Å²) in [4.78, 5) is 28.6. The molecule has 0 radical (unpaired) electrons. The Hall–Kier alpha value is -3.29. The number of aryl methyl sites for hydroxylation is 2. The molecule has 0 spiro atoms. The lowest BCUT2D eigenvalue weighted by Gasteiger charge is -2.22. The second-order valence-corrected chi connectivity index (χ2v) is 6.61. The fraction of sp³-hybridized carbons (Fsp3) is 0.316. The monoisotopic (exact) mass is 365 g/mol. The third-order valence-electron chi connectivity index (χ3n) is 4.74. The summed E-state index contributed by atoms with van der Waals surface area (Å²) in [6.45, 7) is 0.177. The zero-order valence-corrected chi connectivity index (χ0v) is 14.9. The van der Waals surface area contributed by atoms with E-state index >= 15 is 0 Å². The number of fused-ring (bicyclic) bond motifs is 1. The number of nitrogens with one attached hydrogen (secondary N) is 1. The molecule has 0 unspecified atom stereocenters. The minimum Gasteiger partial charge on any atom is -0.347 e. The van der Waals surface area contributed by atoms with Crippen LogP contribution in [0.1, 0.15) is 23.6 Å². The highest BCUT2D eigenvalue weighted by molar-refractivity contribution is 5.79. The van der Waals surface area contributed by atoms with Crippen molar-refractivity contribution < 1.29 is 9.32 Å². The van der Waals surface area contributed by atoms with Crippen LogP contribution in [0.3, 0.4) is 0 Å². The van der Waals surface area contributed by atoms with Crippen molar-refractivity contribution in [3.63, 3.8) is 0 Å². The summed E-state index contributed by atoms with van der Waals surface area (Å²) in [5.74, 6) is 0.575. The Bertz CT molecular complexity index is 1030. The molecule has 1 amide bonds. The fourth-order valence-electron chi connectivity index (χ4n) is 3.25. The molecule has 1 atom stereocenters. The molecule has 2 heterocycles. The number of carbonyl (C=O) groups excluding carboxylic acids is 1. The number of carbonyl (C=O) groups is 1. The maximum Gasteiger partial charge on any atom is 0.266 e. The van der Waals surface area contributed by atoms with Crippen molar-refractivity contribution in [3.8, 4) is 11.4 Å². The van der Waals surface area contributed by atoms with Crippen molar-refractivity contribution in [3.05, 3.63) is 63.9 Å². The lowest BCUT2D eigenvalue weighted by molar-refractivity contribution is -0.125. The molecule has 0 saturated carbocycles. The topological polar surface area (TPSA) is 103 Å². The Balaban J connectivity index is 1.38. The average Bonchev–Trinajstić information content (AvgIpc) is 3.16. The molecule has 1 N–H and O–H groups in total. The molecule has 1 aromatic carbocycles. The minimum absolute atomic E-state index is 0.0826. The van der Waals surface area contributed by atoms with Crippen LogP contribution in [-0.4, -0.2) is 25.8 Å². The minimum atomic E-state index is -0.192. The van der Waals surface area contributed by atoms with Crippen LogP contribution in [0.25, 0.3) is 11.4 Å². The van der Waals surface area contributed by atoms with Crippen LogP contribution >= 0.6 is 0 Å². The number of aromatic nitrogens is 4. The van der Waals surface area contributed by atoms with Crippen LogP contribution in [0.2, 0.25) is 0 Å². The third kappa shape index (κ3) is 3.64. The van der Waals surface area contributed by atoms with E-state index in [-0.39, 0.29) is 23.9 Å². The molecular weight excluding hydrogens is 346 g/mol. The highest BCUT2D eigenvalue weighted by Gasteiger charge is 2.26. The zero-order chi connectivity index (χ0) is 18.8. The fourth-order valence-corrected chi connectivity index (χ4v) is 3.25. The quantitative estimate of drug-likeness (QED) is 0.746. The second kappa shape index (κ2) is 7.14. The number of rotatable bonds is 4. The Labute approximate surface area is 155 Å². The maximum atomic E-state index is 12.5. The Morgan fingerprint density at radius 1 is 1.33 bits per heavy atom. The van der Waals surface area contributed by atoms with E-state index in [4.69, 9.17) is 4.52 Å². The van der Waals surface area contributed by atoms with E-state index in [2.05, 4.69) is 20.6 Å². The molecule has 138 valence electrons. The molecule has 8 nitrogen and oxygen atoms in total. The normalized spacial score (nSPS) is 16.0. The predicted molar refractivity (Wildman–Crippen MR) is 96.6 cm³/mol. The molecule has 8 heteroatoms. The van der Waals surface area contributed by atoms with E-state index in [9.17, 15) is 9.59 Å². The number of nitrogens with zero attached hydrogens (tertiary/aromatic N) is 4. The number of hydrogen-bond acceptors (Lipinski definition) is 6. The largest absolute Gasteiger partial charge is 0.347 e.